The molecule has 10 heteroatoms. The molecule has 8 nitrogen and oxygen atoms in total. The number of rotatable bonds is 8. The first-order valence-corrected chi connectivity index (χ1v) is 14.2. The van der Waals surface area contributed by atoms with Crippen molar-refractivity contribution in [2.24, 2.45) is 0 Å². The number of ether oxygens (including phenoxy) is 1. The van der Waals surface area contributed by atoms with Crippen LogP contribution in [0.5, 0.6) is 5.75 Å². The van der Waals surface area contributed by atoms with Crippen LogP contribution in [0.2, 0.25) is 5.02 Å². The number of carbonyl (C=O) groups is 2. The molecule has 1 fully saturated rings. The Hall–Kier alpha value is -3.71. The molecule has 1 aliphatic heterocycles. The van der Waals surface area contributed by atoms with Crippen LogP contribution >= 0.6 is 11.6 Å². The molecule has 0 aromatic heterocycles. The highest BCUT2D eigenvalue weighted by atomic mass is 35.5. The van der Waals surface area contributed by atoms with Gasteiger partial charge < -0.3 is 10.1 Å². The molecule has 0 spiro atoms. The molecule has 1 N–H and O–H groups in total. The number of benzene rings is 3. The Kier molecular flexibility index (Phi) is 8.40. The van der Waals surface area contributed by atoms with E-state index in [9.17, 15) is 18.0 Å². The minimum atomic E-state index is -3.68. The summed E-state index contributed by atoms with van der Waals surface area (Å²) in [5.41, 5.74) is 0.189. The summed E-state index contributed by atoms with van der Waals surface area (Å²) in [6.45, 7) is 3.83. The van der Waals surface area contributed by atoms with E-state index in [-0.39, 0.29) is 35.7 Å². The first-order valence-electron chi connectivity index (χ1n) is 12.4. The molecule has 1 aliphatic rings. The smallest absolute Gasteiger partial charge is 0.263 e. The second-order valence-electron chi connectivity index (χ2n) is 9.76. The Bertz CT molecular complexity index is 1490. The van der Waals surface area contributed by atoms with Crippen molar-refractivity contribution < 1.29 is 22.7 Å². The zero-order valence-electron chi connectivity index (χ0n) is 21.6. The Labute approximate surface area is 233 Å². The van der Waals surface area contributed by atoms with Crippen molar-refractivity contribution in [2.45, 2.75) is 43.2 Å². The molecule has 0 atom stereocenters. The van der Waals surface area contributed by atoms with Gasteiger partial charge in [0.05, 0.1) is 16.5 Å². The van der Waals surface area contributed by atoms with E-state index in [1.165, 1.54) is 28.6 Å². The van der Waals surface area contributed by atoms with Gasteiger partial charge in [-0.15, -0.1) is 0 Å². The van der Waals surface area contributed by atoms with Crippen molar-refractivity contribution in [3.63, 3.8) is 0 Å². The molecule has 1 heterocycles. The summed E-state index contributed by atoms with van der Waals surface area (Å²) in [5.74, 6) is -0.0360. The minimum Gasteiger partial charge on any atom is -0.478 e. The van der Waals surface area contributed by atoms with E-state index in [0.29, 0.717) is 40.3 Å². The van der Waals surface area contributed by atoms with E-state index in [4.69, 9.17) is 21.6 Å². The highest BCUT2D eigenvalue weighted by Gasteiger charge is 2.34. The van der Waals surface area contributed by atoms with Crippen LogP contribution in [0, 0.1) is 11.3 Å². The van der Waals surface area contributed by atoms with E-state index in [2.05, 4.69) is 5.32 Å². The summed E-state index contributed by atoms with van der Waals surface area (Å²) in [7, 11) is -3.68. The summed E-state index contributed by atoms with van der Waals surface area (Å²) >= 11 is 5.89. The highest BCUT2D eigenvalue weighted by Crippen LogP contribution is 2.24. The average Bonchev–Trinajstić information content (AvgIpc) is 2.93. The summed E-state index contributed by atoms with van der Waals surface area (Å²) in [4.78, 5) is 25.8. The van der Waals surface area contributed by atoms with Crippen LogP contribution in [0.25, 0.3) is 0 Å². The lowest BCUT2D eigenvalue weighted by Crippen LogP contribution is -2.53. The third-order valence-corrected chi connectivity index (χ3v) is 8.72. The van der Waals surface area contributed by atoms with Gasteiger partial charge in [0, 0.05) is 35.3 Å². The number of halogens is 1. The van der Waals surface area contributed by atoms with E-state index in [1.54, 1.807) is 62.4 Å². The zero-order valence-corrected chi connectivity index (χ0v) is 23.1. The SMILES string of the molecule is CC(C)(Oc1ccc(C(=O)c2ccc(Cl)cc2)cc1)C(=O)NC1CCN(S(=O)(=O)c2ccc(C#N)cc2)CC1. The maximum absolute atomic E-state index is 13.0. The van der Waals surface area contributed by atoms with Gasteiger partial charge in [-0.25, -0.2) is 8.42 Å². The number of hydrogen-bond acceptors (Lipinski definition) is 6. The maximum Gasteiger partial charge on any atom is 0.263 e. The van der Waals surface area contributed by atoms with Crippen LogP contribution in [-0.2, 0) is 14.8 Å². The number of hydrogen-bond donors (Lipinski definition) is 1. The van der Waals surface area contributed by atoms with Gasteiger partial charge in [-0.05, 0) is 99.5 Å². The lowest BCUT2D eigenvalue weighted by atomic mass is 10.0. The number of ketones is 1. The van der Waals surface area contributed by atoms with Gasteiger partial charge in [0.2, 0.25) is 10.0 Å². The third kappa shape index (κ3) is 6.66. The lowest BCUT2D eigenvalue weighted by molar-refractivity contribution is -0.135. The van der Waals surface area contributed by atoms with Crippen LogP contribution in [0.15, 0.2) is 77.7 Å². The fourth-order valence-electron chi connectivity index (χ4n) is 4.23. The van der Waals surface area contributed by atoms with Crippen LogP contribution in [-0.4, -0.2) is 49.1 Å². The standard InChI is InChI=1S/C29H28ClN3O5S/c1-29(2,38-25-11-7-22(8-12-25)27(34)21-5-9-23(30)10-6-21)28(35)32-24-15-17-33(18-16-24)39(36,37)26-13-3-20(19-31)4-14-26/h3-14,24H,15-18H2,1-2H3,(H,32,35). The van der Waals surface area contributed by atoms with E-state index < -0.39 is 15.6 Å². The number of nitrogens with one attached hydrogen (secondary N) is 1. The Balaban J connectivity index is 1.31. The first kappa shape index (κ1) is 28.3. The van der Waals surface area contributed by atoms with E-state index in [1.807, 2.05) is 6.07 Å². The fraction of sp³-hybridized carbons (Fsp3) is 0.276. The van der Waals surface area contributed by atoms with Crippen LogP contribution in [0.4, 0.5) is 0 Å². The zero-order chi connectivity index (χ0) is 28.2. The number of nitrogens with zero attached hydrogens (tertiary/aromatic N) is 2. The van der Waals surface area contributed by atoms with Gasteiger partial charge in [-0.2, -0.15) is 9.57 Å². The Morgan fingerprint density at radius 2 is 1.49 bits per heavy atom. The van der Waals surface area contributed by atoms with Crippen LogP contribution in [0.1, 0.15) is 48.2 Å². The van der Waals surface area contributed by atoms with Crippen molar-refractivity contribution in [1.29, 1.82) is 5.26 Å². The maximum atomic E-state index is 13.0. The van der Waals surface area contributed by atoms with Gasteiger partial charge >= 0.3 is 0 Å². The third-order valence-electron chi connectivity index (χ3n) is 6.55. The van der Waals surface area contributed by atoms with Gasteiger partial charge in [0.25, 0.3) is 5.91 Å². The van der Waals surface area contributed by atoms with Crippen molar-refractivity contribution in [2.75, 3.05) is 13.1 Å². The molecule has 0 aliphatic carbocycles. The number of nitriles is 1. The van der Waals surface area contributed by atoms with Crippen molar-refractivity contribution in [1.82, 2.24) is 9.62 Å². The summed E-state index contributed by atoms with van der Waals surface area (Å²) < 4.78 is 33.2. The molecule has 3 aromatic carbocycles. The molecule has 1 amide bonds. The molecular formula is C29H28ClN3O5S. The topological polar surface area (TPSA) is 117 Å². The van der Waals surface area contributed by atoms with Gasteiger partial charge in [0.15, 0.2) is 11.4 Å². The summed E-state index contributed by atoms with van der Waals surface area (Å²) in [6.07, 6.45) is 0.914. The Morgan fingerprint density at radius 3 is 2.03 bits per heavy atom. The first-order chi connectivity index (χ1) is 18.5. The monoisotopic (exact) mass is 565 g/mol. The quantitative estimate of drug-likeness (QED) is 0.400. The lowest BCUT2D eigenvalue weighted by Gasteiger charge is -2.34. The van der Waals surface area contributed by atoms with Crippen molar-refractivity contribution >= 4 is 33.3 Å². The molecule has 0 radical (unpaired) electrons. The number of carbonyl (C=O) groups excluding carboxylic acids is 2. The predicted octanol–water partition coefficient (Wildman–Crippen LogP) is 4.57. The average molecular weight is 566 g/mol. The molecule has 0 saturated carbocycles. The highest BCUT2D eigenvalue weighted by molar-refractivity contribution is 7.89. The van der Waals surface area contributed by atoms with E-state index >= 15 is 0 Å². The molecule has 1 saturated heterocycles. The largest absolute Gasteiger partial charge is 0.478 e. The second kappa shape index (κ2) is 11.6. The molecule has 4 rings (SSSR count). The Morgan fingerprint density at radius 1 is 0.949 bits per heavy atom. The van der Waals surface area contributed by atoms with Gasteiger partial charge in [-0.3, -0.25) is 9.59 Å². The number of sulfonamides is 1. The van der Waals surface area contributed by atoms with Crippen LogP contribution < -0.4 is 10.1 Å². The summed E-state index contributed by atoms with van der Waals surface area (Å²) in [6, 6.07) is 20.8. The molecule has 0 unspecified atom stereocenters. The second-order valence-corrected chi connectivity index (χ2v) is 12.1. The molecule has 0 bridgehead atoms. The summed E-state index contributed by atoms with van der Waals surface area (Å²) in [5, 5.41) is 12.5. The number of piperidine rings is 1. The van der Waals surface area contributed by atoms with Gasteiger partial charge in [0.1, 0.15) is 5.75 Å². The number of amides is 1. The van der Waals surface area contributed by atoms with Crippen molar-refractivity contribution in [3.05, 3.63) is 94.5 Å². The molecule has 39 heavy (non-hydrogen) atoms. The van der Waals surface area contributed by atoms with Gasteiger partial charge in [-0.1, -0.05) is 11.6 Å². The van der Waals surface area contributed by atoms with Crippen LogP contribution in [0.3, 0.4) is 0 Å². The molecule has 202 valence electrons. The fourth-order valence-corrected chi connectivity index (χ4v) is 5.83. The van der Waals surface area contributed by atoms with E-state index in [0.717, 1.165) is 0 Å². The normalized spacial score (nSPS) is 14.8. The van der Waals surface area contributed by atoms with Crippen molar-refractivity contribution in [3.8, 4) is 11.8 Å². The molecule has 3 aromatic rings. The predicted molar refractivity (Wildman–Crippen MR) is 147 cm³/mol. The molecular weight excluding hydrogens is 538 g/mol. The minimum absolute atomic E-state index is 0.138.